The molecule has 1 saturated heterocycles. The summed E-state index contributed by atoms with van der Waals surface area (Å²) in [5.74, 6) is 2.13. The Morgan fingerprint density at radius 3 is 2.57 bits per heavy atom. The SMILES string of the molecule is O=[C]NC1CSC1. The van der Waals surface area contributed by atoms with E-state index in [1.54, 1.807) is 6.41 Å². The van der Waals surface area contributed by atoms with Crippen molar-refractivity contribution in [1.29, 1.82) is 0 Å². The van der Waals surface area contributed by atoms with Gasteiger partial charge in [0.15, 0.2) is 0 Å². The average Bonchev–Trinajstić information content (AvgIpc) is 1.55. The highest BCUT2D eigenvalue weighted by molar-refractivity contribution is 8.00. The molecule has 3 heteroatoms. The van der Waals surface area contributed by atoms with Crippen LogP contribution in [0.5, 0.6) is 0 Å². The summed E-state index contributed by atoms with van der Waals surface area (Å²) in [6.45, 7) is 0. The van der Waals surface area contributed by atoms with Gasteiger partial charge in [0.2, 0.25) is 0 Å². The van der Waals surface area contributed by atoms with Crippen LogP contribution in [0.15, 0.2) is 0 Å². The lowest BCUT2D eigenvalue weighted by molar-refractivity contribution is 0.531. The Morgan fingerprint density at radius 2 is 2.43 bits per heavy atom. The van der Waals surface area contributed by atoms with Gasteiger partial charge in [0.05, 0.1) is 0 Å². The first-order chi connectivity index (χ1) is 3.43. The van der Waals surface area contributed by atoms with E-state index in [4.69, 9.17) is 0 Å². The van der Waals surface area contributed by atoms with Crippen LogP contribution in [-0.4, -0.2) is 24.0 Å². The zero-order valence-electron chi connectivity index (χ0n) is 3.81. The average molecular weight is 116 g/mol. The van der Waals surface area contributed by atoms with Gasteiger partial charge in [-0.25, -0.2) is 0 Å². The van der Waals surface area contributed by atoms with Crippen LogP contribution in [0.4, 0.5) is 0 Å². The molecule has 1 radical (unpaired) electrons. The second kappa shape index (κ2) is 2.21. The number of hydrogen-bond acceptors (Lipinski definition) is 2. The molecule has 0 aromatic rings. The quantitative estimate of drug-likeness (QED) is 0.504. The number of nitrogens with one attached hydrogen (secondary N) is 1. The van der Waals surface area contributed by atoms with Crippen LogP contribution in [0.25, 0.3) is 0 Å². The van der Waals surface area contributed by atoms with Crippen molar-refractivity contribution in [2.75, 3.05) is 11.5 Å². The third-order valence-electron chi connectivity index (χ3n) is 0.901. The summed E-state index contributed by atoms with van der Waals surface area (Å²) in [5, 5.41) is 2.56. The smallest absolute Gasteiger partial charge is 0.309 e. The van der Waals surface area contributed by atoms with Crippen LogP contribution in [0.2, 0.25) is 0 Å². The van der Waals surface area contributed by atoms with Crippen LogP contribution in [0.3, 0.4) is 0 Å². The highest BCUT2D eigenvalue weighted by Gasteiger charge is 2.15. The second-order valence-corrected chi connectivity index (χ2v) is 2.56. The summed E-state index contributed by atoms with van der Waals surface area (Å²) in [6, 6.07) is 0.419. The molecule has 7 heavy (non-hydrogen) atoms. The number of rotatable bonds is 2. The van der Waals surface area contributed by atoms with Gasteiger partial charge in [-0.1, -0.05) is 0 Å². The van der Waals surface area contributed by atoms with Gasteiger partial charge in [-0.15, -0.1) is 0 Å². The minimum absolute atomic E-state index is 0.419. The molecule has 0 aromatic heterocycles. The predicted octanol–water partition coefficient (Wildman–Crippen LogP) is -0.241. The fraction of sp³-hybridized carbons (Fsp3) is 0.750. The Kier molecular flexibility index (Phi) is 1.57. The summed E-state index contributed by atoms with van der Waals surface area (Å²) in [7, 11) is 0. The lowest BCUT2D eigenvalue weighted by Gasteiger charge is -2.22. The molecule has 1 aliphatic heterocycles. The van der Waals surface area contributed by atoms with Gasteiger partial charge in [-0.2, -0.15) is 11.8 Å². The molecule has 1 amide bonds. The monoisotopic (exact) mass is 116 g/mol. The maximum absolute atomic E-state index is 9.56. The maximum Gasteiger partial charge on any atom is 0.309 e. The Labute approximate surface area is 46.7 Å². The first-order valence-electron chi connectivity index (χ1n) is 2.14. The maximum atomic E-state index is 9.56. The van der Waals surface area contributed by atoms with Gasteiger partial charge in [0.25, 0.3) is 0 Å². The van der Waals surface area contributed by atoms with E-state index in [1.165, 1.54) is 0 Å². The summed E-state index contributed by atoms with van der Waals surface area (Å²) in [6.07, 6.45) is 1.66. The largest absolute Gasteiger partial charge is 0.343 e. The molecule has 0 atom stereocenters. The predicted molar refractivity (Wildman–Crippen MR) is 29.9 cm³/mol. The van der Waals surface area contributed by atoms with Gasteiger partial charge in [-0.05, 0) is 0 Å². The first kappa shape index (κ1) is 4.97. The topological polar surface area (TPSA) is 29.1 Å². The Hall–Kier alpha value is -0.180. The molecule has 0 aromatic carbocycles. The van der Waals surface area contributed by atoms with E-state index >= 15 is 0 Å². The van der Waals surface area contributed by atoms with E-state index in [9.17, 15) is 4.79 Å². The van der Waals surface area contributed by atoms with Crippen molar-refractivity contribution in [3.8, 4) is 0 Å². The van der Waals surface area contributed by atoms with Crippen LogP contribution in [-0.2, 0) is 4.79 Å². The Balaban J connectivity index is 2.03. The van der Waals surface area contributed by atoms with Gasteiger partial charge >= 0.3 is 6.41 Å². The number of thioether (sulfide) groups is 1. The van der Waals surface area contributed by atoms with E-state index in [0.717, 1.165) is 11.5 Å². The molecule has 0 bridgehead atoms. The van der Waals surface area contributed by atoms with Crippen molar-refractivity contribution in [2.24, 2.45) is 0 Å². The third kappa shape index (κ3) is 1.09. The second-order valence-electron chi connectivity index (χ2n) is 1.48. The number of carbonyl (C=O) groups excluding carboxylic acids is 1. The van der Waals surface area contributed by atoms with Crippen molar-refractivity contribution in [1.82, 2.24) is 5.32 Å². The highest BCUT2D eigenvalue weighted by Crippen LogP contribution is 2.16. The molecule has 0 aliphatic carbocycles. The lowest BCUT2D eigenvalue weighted by Crippen LogP contribution is -2.39. The van der Waals surface area contributed by atoms with Crippen molar-refractivity contribution in [3.63, 3.8) is 0 Å². The van der Waals surface area contributed by atoms with E-state index in [0.29, 0.717) is 6.04 Å². The van der Waals surface area contributed by atoms with E-state index in [1.807, 2.05) is 11.8 Å². The molecule has 2 nitrogen and oxygen atoms in total. The van der Waals surface area contributed by atoms with E-state index in [2.05, 4.69) is 5.32 Å². The molecule has 1 rings (SSSR count). The zero-order valence-corrected chi connectivity index (χ0v) is 4.62. The molecule has 0 saturated carbocycles. The molecule has 1 aliphatic rings. The molecule has 0 spiro atoms. The van der Waals surface area contributed by atoms with Crippen molar-refractivity contribution >= 4 is 18.2 Å². The van der Waals surface area contributed by atoms with Crippen LogP contribution in [0, 0.1) is 0 Å². The minimum Gasteiger partial charge on any atom is -0.343 e. The molecule has 1 fully saturated rings. The fourth-order valence-electron chi connectivity index (χ4n) is 0.402. The normalized spacial score (nSPS) is 20.6. The van der Waals surface area contributed by atoms with E-state index < -0.39 is 0 Å². The van der Waals surface area contributed by atoms with E-state index in [-0.39, 0.29) is 0 Å². The number of amides is 1. The summed E-state index contributed by atoms with van der Waals surface area (Å²) in [4.78, 5) is 9.56. The van der Waals surface area contributed by atoms with Gasteiger partial charge in [0.1, 0.15) is 0 Å². The molecule has 1 N–H and O–H groups in total. The fourth-order valence-corrected chi connectivity index (χ4v) is 1.04. The molecule has 0 unspecified atom stereocenters. The molecule has 39 valence electrons. The van der Waals surface area contributed by atoms with Gasteiger partial charge in [-0.3, -0.25) is 4.79 Å². The van der Waals surface area contributed by atoms with Crippen LogP contribution in [0.1, 0.15) is 0 Å². The zero-order chi connectivity index (χ0) is 5.11. The first-order valence-corrected chi connectivity index (χ1v) is 3.29. The summed E-state index contributed by atoms with van der Waals surface area (Å²) in [5.41, 5.74) is 0. The molecule has 1 heterocycles. The summed E-state index contributed by atoms with van der Waals surface area (Å²) < 4.78 is 0. The highest BCUT2D eigenvalue weighted by atomic mass is 32.2. The Morgan fingerprint density at radius 1 is 1.71 bits per heavy atom. The standard InChI is InChI=1S/C4H6NOS/c6-3-5-4-1-7-2-4/h4H,1-2H2,(H,5,6). The minimum atomic E-state index is 0.419. The van der Waals surface area contributed by atoms with Gasteiger partial charge in [0, 0.05) is 17.5 Å². The van der Waals surface area contributed by atoms with Crippen LogP contribution < -0.4 is 5.32 Å². The number of hydrogen-bond donors (Lipinski definition) is 1. The lowest BCUT2D eigenvalue weighted by atomic mass is 10.4. The van der Waals surface area contributed by atoms with Gasteiger partial charge < -0.3 is 5.32 Å². The Bertz CT molecular complexity index is 72.1. The van der Waals surface area contributed by atoms with Crippen molar-refractivity contribution in [3.05, 3.63) is 0 Å². The molecular formula is C4H6NOS. The van der Waals surface area contributed by atoms with Crippen molar-refractivity contribution < 1.29 is 4.79 Å². The van der Waals surface area contributed by atoms with Crippen LogP contribution >= 0.6 is 11.8 Å². The third-order valence-corrected chi connectivity index (χ3v) is 2.18. The van der Waals surface area contributed by atoms with Crippen molar-refractivity contribution in [2.45, 2.75) is 6.04 Å². The summed E-state index contributed by atoms with van der Waals surface area (Å²) >= 11 is 1.84. The molecular weight excluding hydrogens is 110 g/mol.